The third-order valence-corrected chi connectivity index (χ3v) is 3.56. The molecule has 1 unspecified atom stereocenters. The van der Waals surface area contributed by atoms with Crippen LogP contribution in [0.5, 0.6) is 0 Å². The number of ether oxygens (including phenoxy) is 1. The third-order valence-electron chi connectivity index (χ3n) is 3.09. The molecule has 4 atom stereocenters. The number of hydrogen-bond acceptors (Lipinski definition) is 10. The molecule has 17 heteroatoms. The van der Waals surface area contributed by atoms with Crippen molar-refractivity contribution in [2.24, 2.45) is 5.11 Å². The summed E-state index contributed by atoms with van der Waals surface area (Å²) in [7, 11) is -5.35. The number of quaternary nitrogens is 2. The molecule has 0 amide bonds. The predicted octanol–water partition coefficient (Wildman–Crippen LogP) is -2.30. The molecule has 1 aromatic heterocycles. The topological polar surface area (TPSA) is 299 Å². The molecule has 0 spiro atoms. The van der Waals surface area contributed by atoms with Crippen LogP contribution >= 0.6 is 7.82 Å². The minimum Gasteiger partial charge on any atom is -0.790 e. The Hall–Kier alpha value is -2.10. The number of aliphatic hydroxyl groups excluding tert-OH is 2. The second-order valence-corrected chi connectivity index (χ2v) is 5.80. The number of aromatic nitrogens is 2. The van der Waals surface area contributed by atoms with E-state index >= 15 is 0 Å². The van der Waals surface area contributed by atoms with Gasteiger partial charge in [0.25, 0.3) is 5.56 Å². The van der Waals surface area contributed by atoms with E-state index in [-0.39, 0.29) is 12.3 Å². The number of nitrogens with one attached hydrogen (secondary N) is 1. The summed E-state index contributed by atoms with van der Waals surface area (Å²) in [4.78, 5) is 48.3. The van der Waals surface area contributed by atoms with Gasteiger partial charge in [-0.15, -0.1) is 0 Å². The molecule has 1 saturated heterocycles. The summed E-state index contributed by atoms with van der Waals surface area (Å²) in [5, 5.41) is 22.9. The van der Waals surface area contributed by atoms with E-state index in [9.17, 15) is 34.2 Å². The van der Waals surface area contributed by atoms with Gasteiger partial charge in [0.2, 0.25) is 0 Å². The Labute approximate surface area is 144 Å². The maximum Gasteiger partial charge on any atom is 0.330 e. The first kappa shape index (κ1) is 23.9. The zero-order valence-electron chi connectivity index (χ0n) is 13.6. The number of hydrogen-bond donors (Lipinski definition) is 5. The van der Waals surface area contributed by atoms with Gasteiger partial charge in [0, 0.05) is 11.0 Å². The van der Waals surface area contributed by atoms with Crippen LogP contribution in [0.15, 0.2) is 20.8 Å². The number of nitrogens with zero attached hydrogens (tertiary/aromatic N) is 4. The summed E-state index contributed by atoms with van der Waals surface area (Å²) in [5.41, 5.74) is 6.48. The highest BCUT2D eigenvalue weighted by Gasteiger charge is 2.45. The molecule has 148 valence electrons. The first-order chi connectivity index (χ1) is 11.1. The number of aromatic amines is 1. The molecule has 0 aromatic carbocycles. The highest BCUT2D eigenvalue weighted by atomic mass is 31.2. The molecule has 16 nitrogen and oxygen atoms in total. The van der Waals surface area contributed by atoms with Crippen molar-refractivity contribution in [3.05, 3.63) is 37.3 Å². The minimum atomic E-state index is -5.35. The number of phosphoric acid groups is 1. The van der Waals surface area contributed by atoms with E-state index in [1.54, 1.807) is 0 Å². The Morgan fingerprint density at radius 1 is 1.38 bits per heavy atom. The SMILES string of the molecule is [N-]=[N+]=Nc1cc(=O)[nH]c(=O)n1[C@@H]1O[C@H](COP(=O)([O-])[O-])[C@H](O)C1O.[NH4+].[NH4+]. The fourth-order valence-electron chi connectivity index (χ4n) is 2.11. The van der Waals surface area contributed by atoms with Crippen LogP contribution in [0.25, 0.3) is 10.4 Å². The number of rotatable bonds is 5. The van der Waals surface area contributed by atoms with Crippen molar-refractivity contribution in [2.75, 3.05) is 6.61 Å². The molecule has 1 aliphatic heterocycles. The van der Waals surface area contributed by atoms with Gasteiger partial charge in [0.15, 0.2) is 6.23 Å². The molecule has 1 aliphatic rings. The molecule has 11 N–H and O–H groups in total. The summed E-state index contributed by atoms with van der Waals surface area (Å²) in [6.07, 6.45) is -6.60. The van der Waals surface area contributed by atoms with Crippen LogP contribution in [-0.4, -0.2) is 44.7 Å². The van der Waals surface area contributed by atoms with E-state index in [2.05, 4.69) is 14.5 Å². The molecule has 0 saturated carbocycles. The maximum absolute atomic E-state index is 11.9. The second kappa shape index (κ2) is 9.02. The van der Waals surface area contributed by atoms with Crippen LogP contribution < -0.4 is 33.3 Å². The summed E-state index contributed by atoms with van der Waals surface area (Å²) in [6, 6.07) is 0.747. The smallest absolute Gasteiger partial charge is 0.330 e. The minimum absolute atomic E-state index is 0. The third kappa shape index (κ3) is 5.20. The van der Waals surface area contributed by atoms with Crippen LogP contribution in [0.1, 0.15) is 6.23 Å². The van der Waals surface area contributed by atoms with Gasteiger partial charge in [0.05, 0.1) is 14.4 Å². The lowest BCUT2D eigenvalue weighted by atomic mass is 10.1. The van der Waals surface area contributed by atoms with Crippen LogP contribution in [-0.2, 0) is 13.8 Å². The molecule has 0 radical (unpaired) electrons. The first-order valence-corrected chi connectivity index (χ1v) is 7.69. The van der Waals surface area contributed by atoms with Crippen molar-refractivity contribution in [2.45, 2.75) is 24.5 Å². The summed E-state index contributed by atoms with van der Waals surface area (Å²) < 4.78 is 20.1. The lowest BCUT2D eigenvalue weighted by molar-refractivity contribution is -0.343. The predicted molar refractivity (Wildman–Crippen MR) is 81.6 cm³/mol. The van der Waals surface area contributed by atoms with Crippen molar-refractivity contribution in [1.82, 2.24) is 21.9 Å². The lowest BCUT2D eigenvalue weighted by Gasteiger charge is -2.30. The number of H-pyrrole nitrogens is 1. The summed E-state index contributed by atoms with van der Waals surface area (Å²) in [6.45, 7) is -0.909. The lowest BCUT2D eigenvalue weighted by Crippen LogP contribution is -2.38. The molecule has 2 heterocycles. The van der Waals surface area contributed by atoms with E-state index in [1.165, 1.54) is 0 Å². The average Bonchev–Trinajstić information content (AvgIpc) is 2.72. The van der Waals surface area contributed by atoms with Crippen LogP contribution in [0.3, 0.4) is 0 Å². The van der Waals surface area contributed by atoms with E-state index < -0.39 is 56.0 Å². The number of aliphatic hydroxyl groups is 2. The molecule has 2 rings (SSSR count). The van der Waals surface area contributed by atoms with Gasteiger partial charge in [-0.1, -0.05) is 0 Å². The normalized spacial score (nSPS) is 24.9. The Balaban J connectivity index is 0.00000312. The van der Waals surface area contributed by atoms with Crippen LogP contribution in [0.2, 0.25) is 0 Å². The summed E-state index contributed by atoms with van der Waals surface area (Å²) >= 11 is 0. The van der Waals surface area contributed by atoms with Gasteiger partial charge < -0.3 is 46.1 Å². The van der Waals surface area contributed by atoms with Gasteiger partial charge in [-0.05, 0) is 10.6 Å². The monoisotopic (exact) mass is 399 g/mol. The van der Waals surface area contributed by atoms with Gasteiger partial charge in [-0.3, -0.25) is 14.3 Å². The Morgan fingerprint density at radius 3 is 2.54 bits per heavy atom. The highest BCUT2D eigenvalue weighted by Crippen LogP contribution is 2.33. The fraction of sp³-hybridized carbons (Fsp3) is 0.556. The summed E-state index contributed by atoms with van der Waals surface area (Å²) in [5.74, 6) is -0.512. The molecular weight excluding hydrogens is 381 g/mol. The maximum atomic E-state index is 11.9. The van der Waals surface area contributed by atoms with Crippen LogP contribution in [0, 0.1) is 0 Å². The quantitative estimate of drug-likeness (QED) is 0.153. The number of phosphoric ester groups is 1. The van der Waals surface area contributed by atoms with E-state index in [0.717, 1.165) is 6.07 Å². The first-order valence-electron chi connectivity index (χ1n) is 6.23. The van der Waals surface area contributed by atoms with Crippen molar-refractivity contribution in [1.29, 1.82) is 0 Å². The Morgan fingerprint density at radius 2 is 2.00 bits per heavy atom. The van der Waals surface area contributed by atoms with Gasteiger partial charge in [-0.25, -0.2) is 4.79 Å². The molecule has 1 fully saturated rings. The van der Waals surface area contributed by atoms with Gasteiger partial charge >= 0.3 is 5.69 Å². The number of azide groups is 1. The average molecular weight is 399 g/mol. The van der Waals surface area contributed by atoms with Crippen LogP contribution in [0.4, 0.5) is 5.82 Å². The zero-order chi connectivity index (χ0) is 18.1. The molecule has 26 heavy (non-hydrogen) atoms. The molecule has 0 aliphatic carbocycles. The molecule has 1 aromatic rings. The van der Waals surface area contributed by atoms with Crippen molar-refractivity contribution in [3.63, 3.8) is 0 Å². The van der Waals surface area contributed by atoms with E-state index in [1.807, 2.05) is 4.98 Å². The largest absolute Gasteiger partial charge is 0.790 e. The Kier molecular flexibility index (Phi) is 8.29. The van der Waals surface area contributed by atoms with Crippen molar-refractivity contribution >= 4 is 13.6 Å². The van der Waals surface area contributed by atoms with Gasteiger partial charge in [-0.2, -0.15) is 0 Å². The van der Waals surface area contributed by atoms with Crippen molar-refractivity contribution in [3.8, 4) is 0 Å². The molecular formula is C9H18N7O9P. The standard InChI is InChI=1S/C9H12N5O9P.2H3N/c10-13-12-4-1-5(15)11-9(18)14(4)8-7(17)6(16)3(23-8)2-22-24(19,20)21;;/h1,3,6-8,16-17H,2H2,(H,11,15,18)(H2,19,20,21);2*1H3/t3-,6+,7?,8-;;/m1../s1. The Bertz CT molecular complexity index is 828. The fourth-order valence-corrected chi connectivity index (χ4v) is 2.44. The zero-order valence-corrected chi connectivity index (χ0v) is 14.5. The van der Waals surface area contributed by atoms with Crippen molar-refractivity contribution < 1.29 is 33.8 Å². The van der Waals surface area contributed by atoms with E-state index in [0.29, 0.717) is 4.57 Å². The van der Waals surface area contributed by atoms with Gasteiger partial charge in [0.1, 0.15) is 24.1 Å². The molecule has 0 bridgehead atoms. The van der Waals surface area contributed by atoms with E-state index in [4.69, 9.17) is 10.3 Å². The second-order valence-electron chi connectivity index (χ2n) is 4.65. The highest BCUT2D eigenvalue weighted by molar-refractivity contribution is 7.43.